The van der Waals surface area contributed by atoms with E-state index in [1.807, 2.05) is 19.1 Å². The largest absolute Gasteiger partial charge is 0.483 e. The lowest BCUT2D eigenvalue weighted by atomic mass is 10.2. The topological polar surface area (TPSA) is 109 Å². The number of carbonyl (C=O) groups is 3. The fourth-order valence-electron chi connectivity index (χ4n) is 2.70. The van der Waals surface area contributed by atoms with E-state index in [9.17, 15) is 18.8 Å². The first-order valence-electron chi connectivity index (χ1n) is 9.89. The summed E-state index contributed by atoms with van der Waals surface area (Å²) in [6, 6.07) is 19.1. The van der Waals surface area contributed by atoms with E-state index in [-0.39, 0.29) is 6.61 Å². The van der Waals surface area contributed by atoms with E-state index in [1.165, 1.54) is 30.5 Å². The molecule has 0 saturated heterocycles. The molecule has 0 aliphatic heterocycles. The maximum Gasteiger partial charge on any atom is 0.329 e. The van der Waals surface area contributed by atoms with Gasteiger partial charge in [0.2, 0.25) is 0 Å². The van der Waals surface area contributed by atoms with E-state index >= 15 is 0 Å². The first-order valence-corrected chi connectivity index (χ1v) is 9.89. The number of halogens is 1. The van der Waals surface area contributed by atoms with Crippen LogP contribution in [-0.2, 0) is 14.4 Å². The summed E-state index contributed by atoms with van der Waals surface area (Å²) in [5.41, 5.74) is 4.41. The van der Waals surface area contributed by atoms with Gasteiger partial charge in [-0.15, -0.1) is 0 Å². The molecule has 0 spiro atoms. The molecule has 0 aliphatic carbocycles. The summed E-state index contributed by atoms with van der Waals surface area (Å²) in [6.07, 6.45) is 1.30. The zero-order chi connectivity index (χ0) is 23.6. The van der Waals surface area contributed by atoms with Crippen LogP contribution in [0.15, 0.2) is 77.9 Å². The van der Waals surface area contributed by atoms with Crippen molar-refractivity contribution in [1.82, 2.24) is 5.43 Å². The van der Waals surface area contributed by atoms with Crippen LogP contribution in [0.25, 0.3) is 0 Å². The van der Waals surface area contributed by atoms with Crippen molar-refractivity contribution in [3.63, 3.8) is 0 Å². The minimum Gasteiger partial charge on any atom is -0.483 e. The van der Waals surface area contributed by atoms with E-state index in [2.05, 4.69) is 21.2 Å². The van der Waals surface area contributed by atoms with Gasteiger partial charge in [-0.1, -0.05) is 30.3 Å². The third-order valence-electron chi connectivity index (χ3n) is 4.37. The lowest BCUT2D eigenvalue weighted by Crippen LogP contribution is -2.32. The molecule has 0 heterocycles. The number of carbonyl (C=O) groups excluding carboxylic acids is 3. The van der Waals surface area contributed by atoms with Crippen LogP contribution in [0.1, 0.15) is 11.1 Å². The van der Waals surface area contributed by atoms with Gasteiger partial charge >= 0.3 is 11.8 Å². The third kappa shape index (κ3) is 7.00. The quantitative estimate of drug-likeness (QED) is 0.293. The van der Waals surface area contributed by atoms with Gasteiger partial charge in [-0.25, -0.2) is 9.82 Å². The monoisotopic (exact) mass is 448 g/mol. The first kappa shape index (κ1) is 23.1. The molecule has 9 heteroatoms. The van der Waals surface area contributed by atoms with Crippen LogP contribution in [0, 0.1) is 12.7 Å². The Hall–Kier alpha value is -4.53. The Labute approximate surface area is 189 Å². The molecular formula is C24H21FN4O4. The number of anilines is 2. The molecule has 3 N–H and O–H groups in total. The van der Waals surface area contributed by atoms with Crippen LogP contribution in [0.2, 0.25) is 0 Å². The molecule has 8 nitrogen and oxygen atoms in total. The highest BCUT2D eigenvalue weighted by Crippen LogP contribution is 2.16. The predicted molar refractivity (Wildman–Crippen MR) is 123 cm³/mol. The second-order valence-electron chi connectivity index (χ2n) is 6.85. The van der Waals surface area contributed by atoms with Crippen LogP contribution in [-0.4, -0.2) is 30.5 Å². The normalized spacial score (nSPS) is 10.5. The van der Waals surface area contributed by atoms with E-state index in [1.54, 1.807) is 36.4 Å². The lowest BCUT2D eigenvalue weighted by molar-refractivity contribution is -0.136. The number of amides is 3. The standard InChI is InChI=1S/C24H21FN4O4/c1-16-6-2-4-8-20(16)28-23(31)24(32)29-26-14-17-7-3-5-9-21(17)33-15-22(30)27-19-12-10-18(25)11-13-19/h2-14H,15H2,1H3,(H,27,30)(H,28,31)(H,29,32)/b26-14-. The highest BCUT2D eigenvalue weighted by Gasteiger charge is 2.14. The number of hydrogen-bond acceptors (Lipinski definition) is 5. The summed E-state index contributed by atoms with van der Waals surface area (Å²) in [4.78, 5) is 36.1. The van der Waals surface area contributed by atoms with Crippen molar-refractivity contribution in [2.75, 3.05) is 17.2 Å². The molecule has 0 bridgehead atoms. The van der Waals surface area contributed by atoms with Gasteiger partial charge in [0.05, 0.1) is 6.21 Å². The molecule has 3 rings (SSSR count). The molecule has 0 saturated carbocycles. The van der Waals surface area contributed by atoms with Crippen molar-refractivity contribution in [3.8, 4) is 5.75 Å². The number of nitrogens with one attached hydrogen (secondary N) is 3. The highest BCUT2D eigenvalue weighted by molar-refractivity contribution is 6.39. The van der Waals surface area contributed by atoms with Crippen molar-refractivity contribution < 1.29 is 23.5 Å². The van der Waals surface area contributed by atoms with Gasteiger partial charge in [-0.05, 0) is 55.0 Å². The number of para-hydroxylation sites is 2. The van der Waals surface area contributed by atoms with Crippen LogP contribution >= 0.6 is 0 Å². The van der Waals surface area contributed by atoms with Gasteiger partial charge < -0.3 is 15.4 Å². The zero-order valence-electron chi connectivity index (χ0n) is 17.7. The molecule has 0 fully saturated rings. The van der Waals surface area contributed by atoms with Gasteiger partial charge in [0.15, 0.2) is 6.61 Å². The van der Waals surface area contributed by atoms with Gasteiger partial charge in [0.25, 0.3) is 5.91 Å². The molecule has 3 aromatic rings. The van der Waals surface area contributed by atoms with Gasteiger partial charge in [-0.3, -0.25) is 14.4 Å². The number of hydrazone groups is 1. The molecule has 33 heavy (non-hydrogen) atoms. The second-order valence-corrected chi connectivity index (χ2v) is 6.85. The molecule has 0 atom stereocenters. The predicted octanol–water partition coefficient (Wildman–Crippen LogP) is 3.24. The Morgan fingerprint density at radius 2 is 1.61 bits per heavy atom. The Morgan fingerprint density at radius 3 is 2.36 bits per heavy atom. The van der Waals surface area contributed by atoms with E-state index in [0.717, 1.165) is 5.56 Å². The minimum absolute atomic E-state index is 0.298. The lowest BCUT2D eigenvalue weighted by Gasteiger charge is -2.09. The van der Waals surface area contributed by atoms with Gasteiger partial charge in [0, 0.05) is 16.9 Å². The zero-order valence-corrected chi connectivity index (χ0v) is 17.7. The number of nitrogens with zero attached hydrogens (tertiary/aromatic N) is 1. The van der Waals surface area contributed by atoms with Crippen LogP contribution in [0.5, 0.6) is 5.75 Å². The number of aryl methyl sites for hydroxylation is 1. The summed E-state index contributed by atoms with van der Waals surface area (Å²) in [7, 11) is 0. The van der Waals surface area contributed by atoms with Crippen LogP contribution < -0.4 is 20.8 Å². The molecule has 0 aliphatic rings. The van der Waals surface area contributed by atoms with Crippen molar-refractivity contribution in [1.29, 1.82) is 0 Å². The number of rotatable bonds is 7. The average molecular weight is 448 g/mol. The molecule has 0 radical (unpaired) electrons. The van der Waals surface area contributed by atoms with Gasteiger partial charge in [0.1, 0.15) is 11.6 Å². The SMILES string of the molecule is Cc1ccccc1NC(=O)C(=O)N/N=C\c1ccccc1OCC(=O)Nc1ccc(F)cc1. The first-order chi connectivity index (χ1) is 15.9. The fraction of sp³-hybridized carbons (Fsp3) is 0.0833. The highest BCUT2D eigenvalue weighted by atomic mass is 19.1. The fourth-order valence-corrected chi connectivity index (χ4v) is 2.70. The Kier molecular flexibility index (Phi) is 7.85. The third-order valence-corrected chi connectivity index (χ3v) is 4.37. The molecule has 0 unspecified atom stereocenters. The summed E-state index contributed by atoms with van der Waals surface area (Å²) in [5.74, 6) is -2.30. The van der Waals surface area contributed by atoms with Crippen molar-refractivity contribution in [2.45, 2.75) is 6.92 Å². The number of benzene rings is 3. The maximum atomic E-state index is 12.9. The summed E-state index contributed by atoms with van der Waals surface area (Å²) >= 11 is 0. The molecule has 3 aromatic carbocycles. The van der Waals surface area contributed by atoms with Crippen LogP contribution in [0.4, 0.5) is 15.8 Å². The second kappa shape index (κ2) is 11.2. The Morgan fingerprint density at radius 1 is 0.909 bits per heavy atom. The number of hydrogen-bond donors (Lipinski definition) is 3. The number of ether oxygens (including phenoxy) is 1. The smallest absolute Gasteiger partial charge is 0.329 e. The molecular weight excluding hydrogens is 427 g/mol. The molecule has 168 valence electrons. The maximum absolute atomic E-state index is 12.9. The Bertz CT molecular complexity index is 1180. The van der Waals surface area contributed by atoms with E-state index < -0.39 is 23.5 Å². The van der Waals surface area contributed by atoms with Gasteiger partial charge in [-0.2, -0.15) is 5.10 Å². The summed E-state index contributed by atoms with van der Waals surface area (Å²) in [6.45, 7) is 1.51. The van der Waals surface area contributed by atoms with Crippen LogP contribution in [0.3, 0.4) is 0 Å². The average Bonchev–Trinajstić information content (AvgIpc) is 2.81. The van der Waals surface area contributed by atoms with Crippen molar-refractivity contribution in [2.24, 2.45) is 5.10 Å². The van der Waals surface area contributed by atoms with E-state index in [4.69, 9.17) is 4.74 Å². The molecule has 3 amide bonds. The Balaban J connectivity index is 1.53. The molecule has 0 aromatic heterocycles. The van der Waals surface area contributed by atoms with E-state index in [0.29, 0.717) is 22.7 Å². The summed E-state index contributed by atoms with van der Waals surface area (Å²) < 4.78 is 18.5. The van der Waals surface area contributed by atoms with Crippen molar-refractivity contribution in [3.05, 3.63) is 89.7 Å². The minimum atomic E-state index is -0.938. The van der Waals surface area contributed by atoms with Crippen molar-refractivity contribution >= 4 is 35.3 Å². The summed E-state index contributed by atoms with van der Waals surface area (Å²) in [5, 5.41) is 8.89.